The maximum atomic E-state index is 11.3. The quantitative estimate of drug-likeness (QED) is 0.418. The van der Waals surface area contributed by atoms with Crippen LogP contribution in [0.2, 0.25) is 0 Å². The van der Waals surface area contributed by atoms with Gasteiger partial charge in [-0.25, -0.2) is 0 Å². The van der Waals surface area contributed by atoms with Crippen molar-refractivity contribution in [2.24, 2.45) is 0 Å². The average Bonchev–Trinajstić information content (AvgIpc) is 2.23. The molecule has 104 valence electrons. The van der Waals surface area contributed by atoms with Crippen LogP contribution in [-0.2, 0) is 23.9 Å². The van der Waals surface area contributed by atoms with Crippen molar-refractivity contribution in [3.8, 4) is 0 Å². The van der Waals surface area contributed by atoms with Crippen molar-refractivity contribution >= 4 is 34.2 Å². The molecule has 7 heteroatoms. The summed E-state index contributed by atoms with van der Waals surface area (Å²) in [7, 11) is 0. The van der Waals surface area contributed by atoms with E-state index in [9.17, 15) is 19.5 Å². The second kappa shape index (κ2) is 7.48. The standard InChI is InChI=1S/C11H17BrO6/c1-7(12)4-11(6-14,18-9(3)16)10(5-13)17-8(2)15/h6-7,10,13H,4-5H2,1-3H3. The van der Waals surface area contributed by atoms with E-state index < -0.39 is 30.3 Å². The molecule has 0 saturated carbocycles. The summed E-state index contributed by atoms with van der Waals surface area (Å²) in [5.74, 6) is -1.37. The third-order valence-corrected chi connectivity index (χ3v) is 2.48. The summed E-state index contributed by atoms with van der Waals surface area (Å²) in [5, 5.41) is 9.22. The zero-order valence-electron chi connectivity index (χ0n) is 10.5. The van der Waals surface area contributed by atoms with Gasteiger partial charge < -0.3 is 14.6 Å². The van der Waals surface area contributed by atoms with Crippen molar-refractivity contribution in [2.75, 3.05) is 6.61 Å². The fourth-order valence-corrected chi connectivity index (χ4v) is 2.09. The van der Waals surface area contributed by atoms with Crippen molar-refractivity contribution in [2.45, 2.75) is 43.7 Å². The summed E-state index contributed by atoms with van der Waals surface area (Å²) in [4.78, 5) is 33.1. The summed E-state index contributed by atoms with van der Waals surface area (Å²) in [6.45, 7) is 3.40. The summed E-state index contributed by atoms with van der Waals surface area (Å²) in [6, 6.07) is 0. The third kappa shape index (κ3) is 5.14. The first-order valence-electron chi connectivity index (χ1n) is 5.35. The minimum atomic E-state index is -1.69. The largest absolute Gasteiger partial charge is 0.455 e. The van der Waals surface area contributed by atoms with Crippen molar-refractivity contribution < 1.29 is 29.0 Å². The van der Waals surface area contributed by atoms with Gasteiger partial charge in [0.2, 0.25) is 5.60 Å². The number of halogens is 1. The van der Waals surface area contributed by atoms with Gasteiger partial charge >= 0.3 is 11.9 Å². The lowest BCUT2D eigenvalue weighted by Crippen LogP contribution is -2.52. The van der Waals surface area contributed by atoms with E-state index >= 15 is 0 Å². The predicted molar refractivity (Wildman–Crippen MR) is 66.2 cm³/mol. The molecule has 1 N–H and O–H groups in total. The van der Waals surface area contributed by atoms with E-state index in [-0.39, 0.29) is 11.2 Å². The number of alkyl halides is 1. The number of carbonyl (C=O) groups excluding carboxylic acids is 3. The van der Waals surface area contributed by atoms with Gasteiger partial charge in [-0.05, 0) is 0 Å². The van der Waals surface area contributed by atoms with Crippen molar-refractivity contribution in [3.05, 3.63) is 0 Å². The highest BCUT2D eigenvalue weighted by molar-refractivity contribution is 9.09. The molecule has 0 heterocycles. The van der Waals surface area contributed by atoms with Crippen LogP contribution in [0.1, 0.15) is 27.2 Å². The van der Waals surface area contributed by atoms with Crippen LogP contribution in [0.25, 0.3) is 0 Å². The molecule has 0 aliphatic heterocycles. The molecule has 0 saturated heterocycles. The van der Waals surface area contributed by atoms with E-state index in [0.717, 1.165) is 13.8 Å². The molecule has 0 rings (SSSR count). The van der Waals surface area contributed by atoms with Crippen LogP contribution < -0.4 is 0 Å². The number of aldehydes is 1. The molecular weight excluding hydrogens is 308 g/mol. The molecule has 0 aromatic carbocycles. The Morgan fingerprint density at radius 3 is 2.22 bits per heavy atom. The Balaban J connectivity index is 5.28. The Bertz CT molecular complexity index is 317. The Morgan fingerprint density at radius 2 is 1.94 bits per heavy atom. The predicted octanol–water partition coefficient (Wildman–Crippen LogP) is 0.585. The molecule has 0 aromatic rings. The second-order valence-corrected chi connectivity index (χ2v) is 5.50. The van der Waals surface area contributed by atoms with Gasteiger partial charge in [-0.15, -0.1) is 0 Å². The topological polar surface area (TPSA) is 89.9 Å². The summed E-state index contributed by atoms with van der Waals surface area (Å²) in [5.41, 5.74) is -1.69. The molecule has 6 nitrogen and oxygen atoms in total. The molecule has 0 spiro atoms. The van der Waals surface area contributed by atoms with Crippen LogP contribution in [0.3, 0.4) is 0 Å². The molecule has 0 bridgehead atoms. The van der Waals surface area contributed by atoms with Gasteiger partial charge in [0, 0.05) is 25.1 Å². The van der Waals surface area contributed by atoms with Crippen molar-refractivity contribution in [3.63, 3.8) is 0 Å². The second-order valence-electron chi connectivity index (χ2n) is 3.93. The van der Waals surface area contributed by atoms with Gasteiger partial charge in [-0.1, -0.05) is 22.9 Å². The SMILES string of the molecule is CC(=O)OC(CO)C(C=O)(CC(C)Br)OC(C)=O. The first-order chi connectivity index (χ1) is 8.27. The number of esters is 2. The Kier molecular flexibility index (Phi) is 7.08. The van der Waals surface area contributed by atoms with E-state index in [1.165, 1.54) is 0 Å². The van der Waals surface area contributed by atoms with E-state index in [4.69, 9.17) is 9.47 Å². The molecule has 0 aliphatic carbocycles. The minimum Gasteiger partial charge on any atom is -0.455 e. The molecule has 0 aromatic heterocycles. The number of hydrogen-bond acceptors (Lipinski definition) is 6. The first-order valence-corrected chi connectivity index (χ1v) is 6.27. The fraction of sp³-hybridized carbons (Fsp3) is 0.727. The van der Waals surface area contributed by atoms with Crippen molar-refractivity contribution in [1.82, 2.24) is 0 Å². The molecular formula is C11H17BrO6. The highest BCUT2D eigenvalue weighted by Crippen LogP contribution is 2.26. The molecule has 0 fully saturated rings. The van der Waals surface area contributed by atoms with Gasteiger partial charge in [0.05, 0.1) is 6.61 Å². The van der Waals surface area contributed by atoms with Crippen LogP contribution in [0.4, 0.5) is 0 Å². The minimum absolute atomic E-state index is 0.0780. The zero-order chi connectivity index (χ0) is 14.3. The number of ether oxygens (including phenoxy) is 2. The number of rotatable bonds is 7. The molecule has 0 amide bonds. The van der Waals surface area contributed by atoms with E-state index in [0.29, 0.717) is 6.29 Å². The van der Waals surface area contributed by atoms with Crippen LogP contribution in [0, 0.1) is 0 Å². The lowest BCUT2D eigenvalue weighted by molar-refractivity contribution is -0.188. The zero-order valence-corrected chi connectivity index (χ0v) is 12.1. The van der Waals surface area contributed by atoms with Gasteiger partial charge in [-0.3, -0.25) is 14.4 Å². The summed E-state index contributed by atoms with van der Waals surface area (Å²) >= 11 is 3.23. The highest BCUT2D eigenvalue weighted by Gasteiger charge is 2.45. The number of aliphatic hydroxyl groups excluding tert-OH is 1. The van der Waals surface area contributed by atoms with Gasteiger partial charge in [0.15, 0.2) is 12.4 Å². The fourth-order valence-electron chi connectivity index (χ4n) is 1.59. The molecule has 0 radical (unpaired) electrons. The Morgan fingerprint density at radius 1 is 1.39 bits per heavy atom. The number of hydrogen-bond donors (Lipinski definition) is 1. The van der Waals surface area contributed by atoms with Crippen LogP contribution in [-0.4, -0.2) is 46.5 Å². The maximum Gasteiger partial charge on any atom is 0.303 e. The molecule has 3 unspecified atom stereocenters. The monoisotopic (exact) mass is 324 g/mol. The van der Waals surface area contributed by atoms with Crippen molar-refractivity contribution in [1.29, 1.82) is 0 Å². The lowest BCUT2D eigenvalue weighted by Gasteiger charge is -2.34. The number of carbonyl (C=O) groups is 3. The molecule has 18 heavy (non-hydrogen) atoms. The van der Waals surface area contributed by atoms with Crippen LogP contribution >= 0.6 is 15.9 Å². The Labute approximate surface area is 114 Å². The van der Waals surface area contributed by atoms with Crippen LogP contribution in [0.5, 0.6) is 0 Å². The van der Waals surface area contributed by atoms with Gasteiger partial charge in [0.1, 0.15) is 0 Å². The number of aliphatic hydroxyl groups is 1. The average molecular weight is 325 g/mol. The molecule has 0 aliphatic rings. The summed E-state index contributed by atoms with van der Waals surface area (Å²) in [6.07, 6.45) is -0.763. The highest BCUT2D eigenvalue weighted by atomic mass is 79.9. The first kappa shape index (κ1) is 17.1. The Hall–Kier alpha value is -0.950. The van der Waals surface area contributed by atoms with E-state index in [2.05, 4.69) is 15.9 Å². The van der Waals surface area contributed by atoms with E-state index in [1.54, 1.807) is 6.92 Å². The van der Waals surface area contributed by atoms with Gasteiger partial charge in [0.25, 0.3) is 0 Å². The molecule has 3 atom stereocenters. The van der Waals surface area contributed by atoms with Crippen LogP contribution in [0.15, 0.2) is 0 Å². The lowest BCUT2D eigenvalue weighted by atomic mass is 9.92. The van der Waals surface area contributed by atoms with E-state index in [1.807, 2.05) is 0 Å². The summed E-state index contributed by atoms with van der Waals surface area (Å²) < 4.78 is 9.82. The smallest absolute Gasteiger partial charge is 0.303 e. The maximum absolute atomic E-state index is 11.3. The van der Waals surface area contributed by atoms with Gasteiger partial charge in [-0.2, -0.15) is 0 Å². The third-order valence-electron chi connectivity index (χ3n) is 2.15. The normalized spacial score (nSPS) is 17.2.